The van der Waals surface area contributed by atoms with Gasteiger partial charge in [-0.2, -0.15) is 0 Å². The zero-order chi connectivity index (χ0) is 18.1. The molecule has 0 heterocycles. The quantitative estimate of drug-likeness (QED) is 0.176. The molecule has 0 aliphatic rings. The van der Waals surface area contributed by atoms with Crippen LogP contribution in [0.3, 0.4) is 0 Å². The highest BCUT2D eigenvalue weighted by molar-refractivity contribution is 14.0. The third kappa shape index (κ3) is 7.00. The van der Waals surface area contributed by atoms with Gasteiger partial charge in [0.1, 0.15) is 11.5 Å². The Kier molecular flexibility index (Phi) is 10.4. The summed E-state index contributed by atoms with van der Waals surface area (Å²) in [5.74, 6) is 1.12. The van der Waals surface area contributed by atoms with Crippen LogP contribution in [0, 0.1) is 0 Å². The van der Waals surface area contributed by atoms with Gasteiger partial charge < -0.3 is 9.47 Å². The van der Waals surface area contributed by atoms with Crippen molar-refractivity contribution in [2.75, 3.05) is 6.61 Å². The van der Waals surface area contributed by atoms with Gasteiger partial charge >= 0.3 is 5.97 Å². The van der Waals surface area contributed by atoms with Crippen LogP contribution in [0.5, 0.6) is 11.5 Å². The molecule has 0 atom stereocenters. The molecule has 0 unspecified atom stereocenters. The van der Waals surface area contributed by atoms with Crippen molar-refractivity contribution in [3.05, 3.63) is 65.2 Å². The maximum Gasteiger partial charge on any atom is 0.338 e. The van der Waals surface area contributed by atoms with Crippen molar-refractivity contribution in [1.29, 1.82) is 0 Å². The minimum Gasteiger partial charge on any atom is -0.462 e. The lowest BCUT2D eigenvalue weighted by Gasteiger charge is -2.10. The monoisotopic (exact) mass is 486 g/mol. The van der Waals surface area contributed by atoms with Crippen molar-refractivity contribution in [1.82, 2.24) is 0 Å². The van der Waals surface area contributed by atoms with Crippen molar-refractivity contribution in [2.24, 2.45) is 0 Å². The summed E-state index contributed by atoms with van der Waals surface area (Å²) in [6, 6.07) is 14.6. The topological polar surface area (TPSA) is 35.5 Å². The van der Waals surface area contributed by atoms with Crippen LogP contribution >= 0.6 is 35.6 Å². The molecule has 0 spiro atoms. The molecule has 0 N–H and O–H groups in total. The summed E-state index contributed by atoms with van der Waals surface area (Å²) < 4.78 is 11.0. The Morgan fingerprint density at radius 1 is 1.00 bits per heavy atom. The minimum absolute atomic E-state index is 0. The number of ether oxygens (including phenoxy) is 2. The van der Waals surface area contributed by atoms with Crippen molar-refractivity contribution in [3.63, 3.8) is 0 Å². The molecule has 2 aromatic carbocycles. The highest BCUT2D eigenvalue weighted by Crippen LogP contribution is 2.26. The van der Waals surface area contributed by atoms with E-state index >= 15 is 0 Å². The van der Waals surface area contributed by atoms with Crippen molar-refractivity contribution < 1.29 is 14.3 Å². The smallest absolute Gasteiger partial charge is 0.338 e. The number of allylic oxidation sites excluding steroid dienone is 1. The first-order chi connectivity index (χ1) is 12.1. The van der Waals surface area contributed by atoms with Gasteiger partial charge in [0, 0.05) is 5.02 Å². The predicted molar refractivity (Wildman–Crippen MR) is 118 cm³/mol. The van der Waals surface area contributed by atoms with Gasteiger partial charge in [0.05, 0.1) is 12.2 Å². The number of halogens is 2. The van der Waals surface area contributed by atoms with Crippen LogP contribution in [0.25, 0.3) is 5.57 Å². The summed E-state index contributed by atoms with van der Waals surface area (Å²) in [7, 11) is 0. The summed E-state index contributed by atoms with van der Waals surface area (Å²) in [5.41, 5.74) is 1.44. The SMILES string of the molecule is CCCCC=C(C(=O)OCC)c1ccc(Oc2ccc(Cl)cc2)cc1.I. The van der Waals surface area contributed by atoms with E-state index in [0.29, 0.717) is 28.7 Å². The third-order valence-corrected chi connectivity index (χ3v) is 3.87. The predicted octanol–water partition coefficient (Wildman–Crippen LogP) is 6.89. The van der Waals surface area contributed by atoms with Crippen LogP contribution in [-0.2, 0) is 9.53 Å². The number of rotatable bonds is 8. The largest absolute Gasteiger partial charge is 0.462 e. The zero-order valence-corrected chi connectivity index (χ0v) is 18.1. The maximum absolute atomic E-state index is 12.2. The molecule has 0 bridgehead atoms. The Morgan fingerprint density at radius 2 is 1.58 bits per heavy atom. The number of carbonyl (C=O) groups is 1. The maximum atomic E-state index is 12.2. The number of carbonyl (C=O) groups excluding carboxylic acids is 1. The van der Waals surface area contributed by atoms with Crippen LogP contribution in [0.1, 0.15) is 38.7 Å². The molecule has 0 fully saturated rings. The Labute approximate surface area is 177 Å². The second-order valence-corrected chi connectivity index (χ2v) is 6.00. The van der Waals surface area contributed by atoms with Crippen LogP contribution in [0.4, 0.5) is 0 Å². The van der Waals surface area contributed by atoms with E-state index in [2.05, 4.69) is 6.92 Å². The van der Waals surface area contributed by atoms with E-state index in [9.17, 15) is 4.79 Å². The highest BCUT2D eigenvalue weighted by atomic mass is 127. The number of esters is 1. The Morgan fingerprint density at radius 3 is 2.12 bits per heavy atom. The lowest BCUT2D eigenvalue weighted by atomic mass is 10.0. The standard InChI is InChI=1S/C21H23ClO3.HI/c1-3-5-6-7-20(21(23)24-4-2)16-8-12-18(13-9-16)25-19-14-10-17(22)11-15-19;/h7-15H,3-6H2,1-2H3;1H. The molecule has 0 aliphatic heterocycles. The van der Waals surface area contributed by atoms with E-state index in [1.807, 2.05) is 49.4 Å². The van der Waals surface area contributed by atoms with Gasteiger partial charge in [0.25, 0.3) is 0 Å². The fraction of sp³-hybridized carbons (Fsp3) is 0.286. The summed E-state index contributed by atoms with van der Waals surface area (Å²) in [6.07, 6.45) is 4.94. The zero-order valence-electron chi connectivity index (χ0n) is 15.0. The van der Waals surface area contributed by atoms with Gasteiger partial charge in [-0.15, -0.1) is 24.0 Å². The Hall–Kier alpha value is -1.53. The lowest BCUT2D eigenvalue weighted by Crippen LogP contribution is -2.07. The van der Waals surface area contributed by atoms with Crippen LogP contribution < -0.4 is 4.74 Å². The average molecular weight is 487 g/mol. The van der Waals surface area contributed by atoms with Gasteiger partial charge in [-0.1, -0.05) is 49.6 Å². The summed E-state index contributed by atoms with van der Waals surface area (Å²) in [4.78, 5) is 12.2. The molecule has 26 heavy (non-hydrogen) atoms. The summed E-state index contributed by atoms with van der Waals surface area (Å²) >= 11 is 5.87. The second-order valence-electron chi connectivity index (χ2n) is 5.56. The van der Waals surface area contributed by atoms with Gasteiger partial charge in [0.15, 0.2) is 0 Å². The molecule has 140 valence electrons. The number of hydrogen-bond acceptors (Lipinski definition) is 3. The van der Waals surface area contributed by atoms with Crippen LogP contribution in [0.15, 0.2) is 54.6 Å². The van der Waals surface area contributed by atoms with Crippen LogP contribution in [-0.4, -0.2) is 12.6 Å². The second kappa shape index (κ2) is 12.0. The van der Waals surface area contributed by atoms with Crippen molar-refractivity contribution >= 4 is 47.1 Å². The van der Waals surface area contributed by atoms with E-state index in [4.69, 9.17) is 21.1 Å². The molecular formula is C21H24ClIO3. The molecule has 0 radical (unpaired) electrons. The third-order valence-electron chi connectivity index (χ3n) is 3.62. The van der Waals surface area contributed by atoms with E-state index in [1.54, 1.807) is 12.1 Å². The van der Waals surface area contributed by atoms with E-state index in [1.165, 1.54) is 0 Å². The van der Waals surface area contributed by atoms with Gasteiger partial charge in [-0.25, -0.2) is 4.79 Å². The number of hydrogen-bond donors (Lipinski definition) is 0. The van der Waals surface area contributed by atoms with E-state index in [0.717, 1.165) is 24.8 Å². The van der Waals surface area contributed by atoms with Gasteiger partial charge in [-0.05, 0) is 55.3 Å². The first-order valence-electron chi connectivity index (χ1n) is 8.55. The fourth-order valence-electron chi connectivity index (χ4n) is 2.32. The molecular weight excluding hydrogens is 463 g/mol. The van der Waals surface area contributed by atoms with Crippen molar-refractivity contribution in [2.45, 2.75) is 33.1 Å². The van der Waals surface area contributed by atoms with Crippen LogP contribution in [0.2, 0.25) is 5.02 Å². The van der Waals surface area contributed by atoms with E-state index < -0.39 is 0 Å². The average Bonchev–Trinajstić information content (AvgIpc) is 2.62. The molecule has 0 amide bonds. The molecule has 2 rings (SSSR count). The highest BCUT2D eigenvalue weighted by Gasteiger charge is 2.13. The van der Waals surface area contributed by atoms with Crippen molar-refractivity contribution in [3.8, 4) is 11.5 Å². The summed E-state index contributed by atoms with van der Waals surface area (Å²) in [6.45, 7) is 4.30. The number of benzene rings is 2. The van der Waals surface area contributed by atoms with E-state index in [-0.39, 0.29) is 29.9 Å². The fourth-order valence-corrected chi connectivity index (χ4v) is 2.45. The van der Waals surface area contributed by atoms with Gasteiger partial charge in [0.2, 0.25) is 0 Å². The molecule has 0 saturated heterocycles. The summed E-state index contributed by atoms with van der Waals surface area (Å²) in [5, 5.41) is 0.666. The molecule has 0 aromatic heterocycles. The number of unbranched alkanes of at least 4 members (excludes halogenated alkanes) is 2. The molecule has 0 saturated carbocycles. The first-order valence-corrected chi connectivity index (χ1v) is 8.93. The molecule has 3 nitrogen and oxygen atoms in total. The molecule has 5 heteroatoms. The molecule has 2 aromatic rings. The Balaban J connectivity index is 0.00000338. The first kappa shape index (κ1) is 22.5. The van der Waals surface area contributed by atoms with Gasteiger partial charge in [-0.3, -0.25) is 0 Å². The molecule has 0 aliphatic carbocycles. The minimum atomic E-state index is -0.287. The lowest BCUT2D eigenvalue weighted by molar-refractivity contribution is -0.136. The normalized spacial score (nSPS) is 10.8. The Bertz CT molecular complexity index is 709.